The number of rotatable bonds is 7. The largest absolute Gasteiger partial charge is 0.495 e. The van der Waals surface area contributed by atoms with Crippen LogP contribution in [0.3, 0.4) is 0 Å². The molecule has 1 amide bonds. The van der Waals surface area contributed by atoms with Crippen molar-refractivity contribution >= 4 is 26.8 Å². The smallest absolute Gasteiger partial charge is 0.264 e. The summed E-state index contributed by atoms with van der Waals surface area (Å²) in [5.41, 5.74) is 0.800. The zero-order chi connectivity index (χ0) is 23.1. The van der Waals surface area contributed by atoms with E-state index in [9.17, 15) is 13.2 Å². The first-order valence-corrected chi connectivity index (χ1v) is 11.8. The predicted molar refractivity (Wildman–Crippen MR) is 119 cm³/mol. The highest BCUT2D eigenvalue weighted by atomic mass is 32.2. The monoisotopic (exact) mass is 455 g/mol. The molecular formula is C23H25N3O5S. The van der Waals surface area contributed by atoms with Crippen LogP contribution in [0.15, 0.2) is 47.5 Å². The fourth-order valence-electron chi connectivity index (χ4n) is 3.69. The van der Waals surface area contributed by atoms with Crippen LogP contribution in [0.5, 0.6) is 11.6 Å². The Morgan fingerprint density at radius 2 is 1.94 bits per heavy atom. The van der Waals surface area contributed by atoms with Crippen molar-refractivity contribution < 1.29 is 22.7 Å². The summed E-state index contributed by atoms with van der Waals surface area (Å²) in [6.07, 6.45) is 2.31. The molecule has 168 valence electrons. The molecule has 2 heterocycles. The van der Waals surface area contributed by atoms with Gasteiger partial charge in [-0.15, -0.1) is 0 Å². The summed E-state index contributed by atoms with van der Waals surface area (Å²) in [7, 11) is -2.63. The van der Waals surface area contributed by atoms with Gasteiger partial charge in [0.2, 0.25) is 11.8 Å². The minimum absolute atomic E-state index is 0.00840. The first kappa shape index (κ1) is 22.0. The number of hydrogen-bond donors (Lipinski definition) is 1. The van der Waals surface area contributed by atoms with Crippen molar-refractivity contribution in [3.8, 4) is 11.6 Å². The van der Waals surface area contributed by atoms with Gasteiger partial charge in [0, 0.05) is 16.6 Å². The van der Waals surface area contributed by atoms with E-state index < -0.39 is 21.3 Å². The fourth-order valence-corrected chi connectivity index (χ4v) is 4.96. The van der Waals surface area contributed by atoms with E-state index in [0.29, 0.717) is 40.9 Å². The highest BCUT2D eigenvalue weighted by molar-refractivity contribution is 7.90. The number of fused-ring (bicyclic) bond motifs is 1. The summed E-state index contributed by atoms with van der Waals surface area (Å²) >= 11 is 0. The van der Waals surface area contributed by atoms with E-state index in [0.717, 1.165) is 5.69 Å². The van der Waals surface area contributed by atoms with Crippen LogP contribution >= 0.6 is 0 Å². The van der Waals surface area contributed by atoms with Gasteiger partial charge in [-0.3, -0.25) is 9.78 Å². The van der Waals surface area contributed by atoms with Crippen molar-refractivity contribution in [3.05, 3.63) is 53.9 Å². The van der Waals surface area contributed by atoms with Gasteiger partial charge in [0.25, 0.3) is 10.0 Å². The number of sulfonamides is 1. The summed E-state index contributed by atoms with van der Waals surface area (Å²) in [6.45, 7) is 5.55. The van der Waals surface area contributed by atoms with Crippen LogP contribution in [0.2, 0.25) is 0 Å². The number of benzene rings is 1. The number of ether oxygens (including phenoxy) is 2. The number of aromatic nitrogens is 2. The van der Waals surface area contributed by atoms with E-state index in [-0.39, 0.29) is 11.0 Å². The summed E-state index contributed by atoms with van der Waals surface area (Å²) in [4.78, 5) is 22.0. The molecule has 4 rings (SSSR count). The molecule has 32 heavy (non-hydrogen) atoms. The van der Waals surface area contributed by atoms with Crippen LogP contribution in [0, 0.1) is 6.92 Å². The number of hydrogen-bond acceptors (Lipinski definition) is 7. The number of amides is 1. The molecule has 0 unspecified atom stereocenters. The van der Waals surface area contributed by atoms with E-state index in [1.807, 2.05) is 20.8 Å². The van der Waals surface area contributed by atoms with Crippen LogP contribution in [-0.4, -0.2) is 37.5 Å². The van der Waals surface area contributed by atoms with Crippen molar-refractivity contribution in [2.45, 2.75) is 50.0 Å². The Balaban J connectivity index is 1.70. The Morgan fingerprint density at radius 3 is 2.59 bits per heavy atom. The van der Waals surface area contributed by atoms with Crippen molar-refractivity contribution in [3.63, 3.8) is 0 Å². The molecule has 9 heteroatoms. The number of carbonyl (C=O) groups is 1. The zero-order valence-corrected chi connectivity index (χ0v) is 19.2. The lowest BCUT2D eigenvalue weighted by Gasteiger charge is -2.21. The molecule has 8 nitrogen and oxygen atoms in total. The standard InChI is InChI=1S/C23H25N3O5S/c1-14(2)31-21-18(12-16(30-4)13-24-21)23(10-11-23)22(27)26-32(28,29)20-7-5-6-19-17(20)9-8-15(3)25-19/h5-9,12-14H,10-11H2,1-4H3,(H,26,27). The highest BCUT2D eigenvalue weighted by Crippen LogP contribution is 2.52. The molecule has 0 radical (unpaired) electrons. The number of aryl methyl sites for hydroxylation is 1. The van der Waals surface area contributed by atoms with Gasteiger partial charge in [-0.25, -0.2) is 18.1 Å². The number of methoxy groups -OCH3 is 1. The van der Waals surface area contributed by atoms with Gasteiger partial charge in [0.05, 0.1) is 35.2 Å². The van der Waals surface area contributed by atoms with Crippen LogP contribution in [0.25, 0.3) is 10.9 Å². The molecule has 1 fully saturated rings. The maximum Gasteiger partial charge on any atom is 0.264 e. The molecule has 3 aromatic rings. The Bertz CT molecular complexity index is 1300. The Morgan fingerprint density at radius 1 is 1.19 bits per heavy atom. The van der Waals surface area contributed by atoms with E-state index in [1.165, 1.54) is 19.4 Å². The van der Waals surface area contributed by atoms with E-state index in [2.05, 4.69) is 14.7 Å². The minimum Gasteiger partial charge on any atom is -0.495 e. The number of nitrogens with zero attached hydrogens (tertiary/aromatic N) is 2. The molecule has 2 aromatic heterocycles. The molecule has 0 aliphatic heterocycles. The van der Waals surface area contributed by atoms with Gasteiger partial charge in [-0.1, -0.05) is 6.07 Å². The molecule has 0 spiro atoms. The molecular weight excluding hydrogens is 430 g/mol. The second kappa shape index (κ2) is 8.05. The third-order valence-corrected chi connectivity index (χ3v) is 6.85. The van der Waals surface area contributed by atoms with Crippen LogP contribution in [0.1, 0.15) is 37.9 Å². The van der Waals surface area contributed by atoms with E-state index in [1.54, 1.807) is 30.3 Å². The molecule has 1 aliphatic carbocycles. The topological polar surface area (TPSA) is 107 Å². The van der Waals surface area contributed by atoms with Gasteiger partial charge in [0.1, 0.15) is 5.75 Å². The van der Waals surface area contributed by atoms with Gasteiger partial charge in [0.15, 0.2) is 0 Å². The SMILES string of the molecule is COc1cnc(OC(C)C)c(C2(C(=O)NS(=O)(=O)c3cccc4nc(C)ccc34)CC2)c1. The molecule has 1 aliphatic rings. The molecule has 1 N–H and O–H groups in total. The zero-order valence-electron chi connectivity index (χ0n) is 18.4. The number of nitrogens with one attached hydrogen (secondary N) is 1. The van der Waals surface area contributed by atoms with Crippen LogP contribution < -0.4 is 14.2 Å². The first-order valence-electron chi connectivity index (χ1n) is 10.3. The van der Waals surface area contributed by atoms with E-state index >= 15 is 0 Å². The summed E-state index contributed by atoms with van der Waals surface area (Å²) < 4.78 is 39.8. The van der Waals surface area contributed by atoms with Crippen LogP contribution in [0.4, 0.5) is 0 Å². The second-order valence-electron chi connectivity index (χ2n) is 8.19. The van der Waals surface area contributed by atoms with Gasteiger partial charge in [-0.05, 0) is 63.9 Å². The van der Waals surface area contributed by atoms with Gasteiger partial charge < -0.3 is 9.47 Å². The molecule has 0 atom stereocenters. The molecule has 0 bridgehead atoms. The molecule has 0 saturated heterocycles. The summed E-state index contributed by atoms with van der Waals surface area (Å²) in [5.74, 6) is 0.155. The predicted octanol–water partition coefficient (Wildman–Crippen LogP) is 3.27. The number of pyridine rings is 2. The first-order chi connectivity index (χ1) is 15.2. The summed E-state index contributed by atoms with van der Waals surface area (Å²) in [6, 6.07) is 9.95. The maximum absolute atomic E-state index is 13.3. The molecule has 1 saturated carbocycles. The third-order valence-electron chi connectivity index (χ3n) is 5.46. The van der Waals surface area contributed by atoms with Crippen molar-refractivity contribution in [2.75, 3.05) is 7.11 Å². The normalized spacial score (nSPS) is 14.9. The fraction of sp³-hybridized carbons (Fsp3) is 0.348. The molecule has 1 aromatic carbocycles. The minimum atomic E-state index is -4.13. The maximum atomic E-state index is 13.3. The average Bonchev–Trinajstić information content (AvgIpc) is 3.54. The van der Waals surface area contributed by atoms with Gasteiger partial charge >= 0.3 is 0 Å². The lowest BCUT2D eigenvalue weighted by atomic mass is 9.96. The Kier molecular flexibility index (Phi) is 5.54. The Labute approximate surface area is 187 Å². The van der Waals surface area contributed by atoms with E-state index in [4.69, 9.17) is 9.47 Å². The third kappa shape index (κ3) is 4.00. The van der Waals surface area contributed by atoms with Crippen molar-refractivity contribution in [2.24, 2.45) is 0 Å². The lowest BCUT2D eigenvalue weighted by molar-refractivity contribution is -0.121. The van der Waals surface area contributed by atoms with Crippen LogP contribution in [-0.2, 0) is 20.2 Å². The van der Waals surface area contributed by atoms with Gasteiger partial charge in [-0.2, -0.15) is 0 Å². The quantitative estimate of drug-likeness (QED) is 0.582. The average molecular weight is 456 g/mol. The number of carbonyl (C=O) groups excluding carboxylic acids is 1. The second-order valence-corrected chi connectivity index (χ2v) is 9.84. The highest BCUT2D eigenvalue weighted by Gasteiger charge is 2.54. The Hall–Kier alpha value is -3.20. The summed E-state index contributed by atoms with van der Waals surface area (Å²) in [5, 5.41) is 0.454. The van der Waals surface area contributed by atoms with Crippen molar-refractivity contribution in [1.82, 2.24) is 14.7 Å². The van der Waals surface area contributed by atoms with Crippen molar-refractivity contribution in [1.29, 1.82) is 0 Å². The lowest BCUT2D eigenvalue weighted by Crippen LogP contribution is -2.39.